The van der Waals surface area contributed by atoms with Gasteiger partial charge in [0.2, 0.25) is 5.91 Å². The third kappa shape index (κ3) is 4.78. The minimum atomic E-state index is -0.911. The Morgan fingerprint density at radius 2 is 1.46 bits per heavy atom. The van der Waals surface area contributed by atoms with E-state index in [4.69, 9.17) is 0 Å². The second-order valence-corrected chi connectivity index (χ2v) is 7.75. The zero-order valence-corrected chi connectivity index (χ0v) is 16.3. The number of amides is 1. The number of rotatable bonds is 7. The molecule has 3 rings (SSSR count). The topological polar surface area (TPSA) is 29.1 Å². The molecule has 3 aromatic rings. The average molecular weight is 397 g/mol. The zero-order chi connectivity index (χ0) is 20.0. The third-order valence-electron chi connectivity index (χ3n) is 4.72. The standard InChI is InChI=1S/C23H21F2NOS/c1-23(17-8-4-2-5-9-17,18-10-6-3-7-11-18)16-26-22(27)15-28-19-12-13-20(24)21(25)14-19/h2-14H,15-16H2,1H3,(H,26,27). The lowest BCUT2D eigenvalue weighted by atomic mass is 9.76. The Morgan fingerprint density at radius 1 is 0.893 bits per heavy atom. The molecular weight excluding hydrogens is 376 g/mol. The van der Waals surface area contributed by atoms with Crippen LogP contribution >= 0.6 is 11.8 Å². The summed E-state index contributed by atoms with van der Waals surface area (Å²) in [6.45, 7) is 2.53. The molecule has 0 unspecified atom stereocenters. The molecule has 28 heavy (non-hydrogen) atoms. The van der Waals surface area contributed by atoms with Gasteiger partial charge >= 0.3 is 0 Å². The molecule has 0 saturated carbocycles. The SMILES string of the molecule is CC(CNC(=O)CSc1ccc(F)c(F)c1)(c1ccccc1)c1ccccc1. The smallest absolute Gasteiger partial charge is 0.230 e. The van der Waals surface area contributed by atoms with Crippen molar-refractivity contribution in [1.82, 2.24) is 5.32 Å². The second kappa shape index (κ2) is 9.02. The number of carbonyl (C=O) groups is 1. The van der Waals surface area contributed by atoms with E-state index in [0.29, 0.717) is 11.4 Å². The molecule has 1 amide bonds. The molecule has 5 heteroatoms. The molecule has 0 atom stereocenters. The number of nitrogens with one attached hydrogen (secondary N) is 1. The molecule has 0 aromatic heterocycles. The lowest BCUT2D eigenvalue weighted by Gasteiger charge is -2.31. The molecule has 3 aromatic carbocycles. The van der Waals surface area contributed by atoms with Crippen LogP contribution in [0.25, 0.3) is 0 Å². The molecule has 0 heterocycles. The van der Waals surface area contributed by atoms with E-state index in [9.17, 15) is 13.6 Å². The molecule has 0 aliphatic rings. The maximum Gasteiger partial charge on any atom is 0.230 e. The number of benzene rings is 3. The van der Waals surface area contributed by atoms with Crippen molar-refractivity contribution in [1.29, 1.82) is 0 Å². The highest BCUT2D eigenvalue weighted by molar-refractivity contribution is 8.00. The molecule has 2 nitrogen and oxygen atoms in total. The van der Waals surface area contributed by atoms with Gasteiger partial charge in [-0.05, 0) is 36.2 Å². The van der Waals surface area contributed by atoms with Crippen LogP contribution in [0.4, 0.5) is 8.78 Å². The number of hydrogen-bond acceptors (Lipinski definition) is 2. The van der Waals surface area contributed by atoms with Gasteiger partial charge in [0, 0.05) is 16.9 Å². The van der Waals surface area contributed by atoms with Crippen molar-refractivity contribution >= 4 is 17.7 Å². The van der Waals surface area contributed by atoms with Gasteiger partial charge < -0.3 is 5.32 Å². The minimum Gasteiger partial charge on any atom is -0.354 e. The van der Waals surface area contributed by atoms with Crippen molar-refractivity contribution in [3.05, 3.63) is 102 Å². The summed E-state index contributed by atoms with van der Waals surface area (Å²) in [7, 11) is 0. The summed E-state index contributed by atoms with van der Waals surface area (Å²) in [5.74, 6) is -1.83. The predicted octanol–water partition coefficient (Wildman–Crippen LogP) is 5.18. The van der Waals surface area contributed by atoms with Crippen LogP contribution in [0.2, 0.25) is 0 Å². The summed E-state index contributed by atoms with van der Waals surface area (Å²) in [4.78, 5) is 12.9. The zero-order valence-electron chi connectivity index (χ0n) is 15.5. The van der Waals surface area contributed by atoms with E-state index >= 15 is 0 Å². The number of halogens is 2. The van der Waals surface area contributed by atoms with Gasteiger partial charge in [-0.25, -0.2) is 8.78 Å². The molecule has 0 aliphatic heterocycles. The van der Waals surface area contributed by atoms with Gasteiger partial charge in [-0.2, -0.15) is 0 Å². The molecular formula is C23H21F2NOS. The van der Waals surface area contributed by atoms with Crippen LogP contribution in [-0.4, -0.2) is 18.2 Å². The van der Waals surface area contributed by atoms with E-state index in [1.54, 1.807) is 0 Å². The van der Waals surface area contributed by atoms with E-state index in [1.165, 1.54) is 17.8 Å². The maximum absolute atomic E-state index is 13.3. The number of thioether (sulfide) groups is 1. The number of hydrogen-bond donors (Lipinski definition) is 1. The third-order valence-corrected chi connectivity index (χ3v) is 5.72. The van der Waals surface area contributed by atoms with E-state index in [2.05, 4.69) is 36.5 Å². The van der Waals surface area contributed by atoms with Gasteiger partial charge in [0.25, 0.3) is 0 Å². The summed E-state index contributed by atoms with van der Waals surface area (Å²) < 4.78 is 26.3. The molecule has 144 valence electrons. The van der Waals surface area contributed by atoms with Crippen LogP contribution in [-0.2, 0) is 10.2 Å². The predicted molar refractivity (Wildman–Crippen MR) is 109 cm³/mol. The summed E-state index contributed by atoms with van der Waals surface area (Å²) in [5, 5.41) is 2.99. The molecule has 0 spiro atoms. The van der Waals surface area contributed by atoms with Crippen LogP contribution in [0.3, 0.4) is 0 Å². The fourth-order valence-corrected chi connectivity index (χ4v) is 3.78. The highest BCUT2D eigenvalue weighted by Gasteiger charge is 2.29. The van der Waals surface area contributed by atoms with Crippen LogP contribution in [0.5, 0.6) is 0 Å². The van der Waals surface area contributed by atoms with Crippen molar-refractivity contribution in [2.75, 3.05) is 12.3 Å². The van der Waals surface area contributed by atoms with Crippen LogP contribution in [0, 0.1) is 11.6 Å². The van der Waals surface area contributed by atoms with Crippen molar-refractivity contribution in [2.24, 2.45) is 0 Å². The molecule has 0 saturated heterocycles. The van der Waals surface area contributed by atoms with Crippen molar-refractivity contribution < 1.29 is 13.6 Å². The van der Waals surface area contributed by atoms with E-state index in [-0.39, 0.29) is 17.1 Å². The van der Waals surface area contributed by atoms with Gasteiger partial charge in [-0.3, -0.25) is 4.79 Å². The Balaban J connectivity index is 1.68. The van der Waals surface area contributed by atoms with Gasteiger partial charge in [0.05, 0.1) is 5.75 Å². The van der Waals surface area contributed by atoms with Crippen LogP contribution < -0.4 is 5.32 Å². The second-order valence-electron chi connectivity index (χ2n) is 6.71. The van der Waals surface area contributed by atoms with Crippen molar-refractivity contribution in [3.8, 4) is 0 Å². The first-order valence-corrected chi connectivity index (χ1v) is 9.93. The van der Waals surface area contributed by atoms with Gasteiger partial charge in [0.1, 0.15) is 0 Å². The Kier molecular flexibility index (Phi) is 6.47. The molecule has 0 bridgehead atoms. The van der Waals surface area contributed by atoms with Crippen LogP contribution in [0.15, 0.2) is 83.8 Å². The quantitative estimate of drug-likeness (QED) is 0.557. The summed E-state index contributed by atoms with van der Waals surface area (Å²) in [6.07, 6.45) is 0. The molecule has 0 aliphatic carbocycles. The number of carbonyl (C=O) groups excluding carboxylic acids is 1. The average Bonchev–Trinajstić information content (AvgIpc) is 2.74. The highest BCUT2D eigenvalue weighted by atomic mass is 32.2. The van der Waals surface area contributed by atoms with Crippen LogP contribution in [0.1, 0.15) is 18.1 Å². The maximum atomic E-state index is 13.3. The minimum absolute atomic E-state index is 0.130. The first-order valence-electron chi connectivity index (χ1n) is 8.94. The first kappa shape index (κ1) is 20.1. The summed E-state index contributed by atoms with van der Waals surface area (Å²) in [5.41, 5.74) is 1.83. The Morgan fingerprint density at radius 3 is 2.00 bits per heavy atom. The monoisotopic (exact) mass is 397 g/mol. The summed E-state index contributed by atoms with van der Waals surface area (Å²) in [6, 6.07) is 23.7. The fraction of sp³-hybridized carbons (Fsp3) is 0.174. The van der Waals surface area contributed by atoms with E-state index in [0.717, 1.165) is 23.3 Å². The normalized spacial score (nSPS) is 11.2. The molecule has 0 fully saturated rings. The largest absolute Gasteiger partial charge is 0.354 e. The van der Waals surface area contributed by atoms with E-state index in [1.807, 2.05) is 36.4 Å². The Bertz CT molecular complexity index is 892. The Labute approximate surface area is 168 Å². The van der Waals surface area contributed by atoms with Gasteiger partial charge in [-0.15, -0.1) is 11.8 Å². The van der Waals surface area contributed by atoms with E-state index < -0.39 is 11.6 Å². The van der Waals surface area contributed by atoms with Gasteiger partial charge in [-0.1, -0.05) is 60.7 Å². The lowest BCUT2D eigenvalue weighted by molar-refractivity contribution is -0.118. The fourth-order valence-electron chi connectivity index (χ4n) is 3.02. The molecule has 0 radical (unpaired) electrons. The summed E-state index contributed by atoms with van der Waals surface area (Å²) >= 11 is 1.17. The highest BCUT2D eigenvalue weighted by Crippen LogP contribution is 2.31. The van der Waals surface area contributed by atoms with Crippen molar-refractivity contribution in [3.63, 3.8) is 0 Å². The lowest BCUT2D eigenvalue weighted by Crippen LogP contribution is -2.40. The Hall–Kier alpha value is -2.66. The molecule has 1 N–H and O–H groups in total. The first-order chi connectivity index (χ1) is 13.5. The van der Waals surface area contributed by atoms with Gasteiger partial charge in [0.15, 0.2) is 11.6 Å². The van der Waals surface area contributed by atoms with Crippen molar-refractivity contribution in [2.45, 2.75) is 17.2 Å².